The van der Waals surface area contributed by atoms with E-state index in [2.05, 4.69) is 41.2 Å². The van der Waals surface area contributed by atoms with E-state index in [0.717, 1.165) is 18.1 Å². The number of thiophene rings is 1. The van der Waals surface area contributed by atoms with E-state index in [-0.39, 0.29) is 6.04 Å². The molecule has 0 fully saturated rings. The number of nitrogens with one attached hydrogen (secondary N) is 1. The summed E-state index contributed by atoms with van der Waals surface area (Å²) in [6.45, 7) is 7.12. The van der Waals surface area contributed by atoms with Crippen LogP contribution in [-0.4, -0.2) is 6.54 Å². The first-order chi connectivity index (χ1) is 8.11. The van der Waals surface area contributed by atoms with Crippen molar-refractivity contribution in [3.05, 3.63) is 43.9 Å². The molecule has 0 bridgehead atoms. The summed E-state index contributed by atoms with van der Waals surface area (Å²) in [5, 5.41) is 3.46. The maximum Gasteiger partial charge on any atom is 0.126 e. The van der Waals surface area contributed by atoms with Gasteiger partial charge in [0.1, 0.15) is 17.6 Å². The zero-order chi connectivity index (χ0) is 12.4. The fraction of sp³-hybridized carbons (Fsp3) is 0.385. The van der Waals surface area contributed by atoms with Gasteiger partial charge in [-0.3, -0.25) is 0 Å². The number of furan rings is 1. The van der Waals surface area contributed by atoms with Gasteiger partial charge in [-0.15, -0.1) is 11.3 Å². The van der Waals surface area contributed by atoms with Crippen molar-refractivity contribution < 1.29 is 4.42 Å². The van der Waals surface area contributed by atoms with E-state index in [4.69, 9.17) is 4.42 Å². The number of rotatable bonds is 4. The van der Waals surface area contributed by atoms with Gasteiger partial charge < -0.3 is 9.73 Å². The van der Waals surface area contributed by atoms with Gasteiger partial charge in [-0.2, -0.15) is 0 Å². The minimum atomic E-state index is 0.156. The van der Waals surface area contributed by atoms with E-state index in [1.165, 1.54) is 14.2 Å². The highest BCUT2D eigenvalue weighted by Gasteiger charge is 2.19. The molecule has 92 valence electrons. The Hall–Kier alpha value is -0.580. The molecule has 2 aromatic rings. The lowest BCUT2D eigenvalue weighted by molar-refractivity contribution is 0.437. The van der Waals surface area contributed by atoms with E-state index in [1.54, 1.807) is 11.3 Å². The molecule has 0 aromatic carbocycles. The van der Waals surface area contributed by atoms with Crippen molar-refractivity contribution in [3.63, 3.8) is 0 Å². The maximum atomic E-state index is 5.73. The quantitative estimate of drug-likeness (QED) is 0.904. The molecule has 0 spiro atoms. The van der Waals surface area contributed by atoms with Gasteiger partial charge in [0.15, 0.2) is 0 Å². The van der Waals surface area contributed by atoms with Crippen molar-refractivity contribution in [2.75, 3.05) is 6.54 Å². The zero-order valence-corrected chi connectivity index (χ0v) is 12.6. The molecule has 0 aliphatic heterocycles. The summed E-state index contributed by atoms with van der Waals surface area (Å²) in [5.74, 6) is 1.94. The standard InChI is InChI=1S/C13H16BrNOS/c1-4-15-13(11-6-5-8(2)16-11)12-7-10(14)9(3)17-12/h5-7,13,15H,4H2,1-3H3. The molecule has 0 saturated carbocycles. The van der Waals surface area contributed by atoms with E-state index in [1.807, 2.05) is 19.1 Å². The number of hydrogen-bond donors (Lipinski definition) is 1. The summed E-state index contributed by atoms with van der Waals surface area (Å²) >= 11 is 5.36. The third-order valence-corrected chi connectivity index (χ3v) is 4.82. The van der Waals surface area contributed by atoms with Gasteiger partial charge in [-0.1, -0.05) is 6.92 Å². The molecule has 0 aliphatic rings. The lowest BCUT2D eigenvalue weighted by atomic mass is 10.2. The minimum absolute atomic E-state index is 0.156. The monoisotopic (exact) mass is 313 g/mol. The third kappa shape index (κ3) is 2.81. The van der Waals surface area contributed by atoms with Crippen molar-refractivity contribution in [1.29, 1.82) is 0 Å². The second-order valence-corrected chi connectivity index (χ2v) is 6.13. The van der Waals surface area contributed by atoms with Crippen molar-refractivity contribution in [2.45, 2.75) is 26.8 Å². The third-order valence-electron chi connectivity index (χ3n) is 2.61. The van der Waals surface area contributed by atoms with E-state index >= 15 is 0 Å². The van der Waals surface area contributed by atoms with Crippen LogP contribution in [0.4, 0.5) is 0 Å². The Kier molecular flexibility index (Phi) is 4.07. The van der Waals surface area contributed by atoms with Crippen LogP contribution in [0.5, 0.6) is 0 Å². The van der Waals surface area contributed by atoms with Crippen LogP contribution in [0.15, 0.2) is 27.1 Å². The lowest BCUT2D eigenvalue weighted by Crippen LogP contribution is -2.20. The Balaban J connectivity index is 2.34. The molecule has 2 heterocycles. The molecule has 1 unspecified atom stereocenters. The van der Waals surface area contributed by atoms with Crippen LogP contribution >= 0.6 is 27.3 Å². The molecule has 17 heavy (non-hydrogen) atoms. The van der Waals surface area contributed by atoms with Crippen molar-refractivity contribution in [1.82, 2.24) is 5.32 Å². The Morgan fingerprint density at radius 3 is 2.65 bits per heavy atom. The van der Waals surface area contributed by atoms with Gasteiger partial charge in [0.05, 0.1) is 0 Å². The predicted molar refractivity (Wildman–Crippen MR) is 75.7 cm³/mol. The first-order valence-corrected chi connectivity index (χ1v) is 7.28. The van der Waals surface area contributed by atoms with Crippen LogP contribution < -0.4 is 5.32 Å². The molecule has 2 nitrogen and oxygen atoms in total. The van der Waals surface area contributed by atoms with Gasteiger partial charge >= 0.3 is 0 Å². The van der Waals surface area contributed by atoms with Crippen LogP contribution in [0, 0.1) is 13.8 Å². The van der Waals surface area contributed by atoms with Crippen LogP contribution in [0.3, 0.4) is 0 Å². The molecular weight excluding hydrogens is 298 g/mol. The SMILES string of the molecule is CCNC(c1ccc(C)o1)c1cc(Br)c(C)s1. The van der Waals surface area contributed by atoms with Gasteiger partial charge in [-0.05, 0) is 54.5 Å². The lowest BCUT2D eigenvalue weighted by Gasteiger charge is -2.13. The average Bonchev–Trinajstić information content (AvgIpc) is 2.83. The van der Waals surface area contributed by atoms with Crippen LogP contribution in [-0.2, 0) is 0 Å². The van der Waals surface area contributed by atoms with Crippen LogP contribution in [0.1, 0.15) is 34.2 Å². The summed E-state index contributed by atoms with van der Waals surface area (Å²) in [7, 11) is 0. The Morgan fingerprint density at radius 2 is 2.18 bits per heavy atom. The smallest absolute Gasteiger partial charge is 0.126 e. The molecule has 2 rings (SSSR count). The minimum Gasteiger partial charge on any atom is -0.464 e. The molecular formula is C13H16BrNOS. The van der Waals surface area contributed by atoms with Crippen molar-refractivity contribution >= 4 is 27.3 Å². The Morgan fingerprint density at radius 1 is 1.41 bits per heavy atom. The topological polar surface area (TPSA) is 25.2 Å². The molecule has 1 atom stereocenters. The number of hydrogen-bond acceptors (Lipinski definition) is 3. The molecule has 0 saturated heterocycles. The summed E-state index contributed by atoms with van der Waals surface area (Å²) in [4.78, 5) is 2.58. The largest absolute Gasteiger partial charge is 0.464 e. The van der Waals surface area contributed by atoms with E-state index in [0.29, 0.717) is 0 Å². The Labute approximate surface area is 114 Å². The predicted octanol–water partition coefficient (Wildman–Crippen LogP) is 4.42. The Bertz CT molecular complexity index is 484. The summed E-state index contributed by atoms with van der Waals surface area (Å²) in [6, 6.07) is 6.38. The average molecular weight is 314 g/mol. The summed E-state index contributed by atoms with van der Waals surface area (Å²) < 4.78 is 6.90. The van der Waals surface area contributed by atoms with Gasteiger partial charge in [0, 0.05) is 14.2 Å². The highest BCUT2D eigenvalue weighted by molar-refractivity contribution is 9.10. The van der Waals surface area contributed by atoms with E-state index in [9.17, 15) is 0 Å². The first kappa shape index (κ1) is 12.9. The molecule has 2 aromatic heterocycles. The summed E-state index contributed by atoms with van der Waals surface area (Å²) in [5.41, 5.74) is 0. The molecule has 0 radical (unpaired) electrons. The fourth-order valence-corrected chi connectivity index (χ4v) is 3.42. The highest BCUT2D eigenvalue weighted by atomic mass is 79.9. The van der Waals surface area contributed by atoms with Gasteiger partial charge in [-0.25, -0.2) is 0 Å². The first-order valence-electron chi connectivity index (χ1n) is 5.67. The van der Waals surface area contributed by atoms with Gasteiger partial charge in [0.25, 0.3) is 0 Å². The van der Waals surface area contributed by atoms with Crippen molar-refractivity contribution in [2.24, 2.45) is 0 Å². The van der Waals surface area contributed by atoms with Gasteiger partial charge in [0.2, 0.25) is 0 Å². The van der Waals surface area contributed by atoms with Crippen LogP contribution in [0.2, 0.25) is 0 Å². The second kappa shape index (κ2) is 5.38. The normalized spacial score (nSPS) is 12.9. The molecule has 4 heteroatoms. The van der Waals surface area contributed by atoms with Crippen molar-refractivity contribution in [3.8, 4) is 0 Å². The highest BCUT2D eigenvalue weighted by Crippen LogP contribution is 2.34. The van der Waals surface area contributed by atoms with Crippen LogP contribution in [0.25, 0.3) is 0 Å². The number of halogens is 1. The number of aryl methyl sites for hydroxylation is 2. The molecule has 0 aliphatic carbocycles. The summed E-state index contributed by atoms with van der Waals surface area (Å²) in [6.07, 6.45) is 0. The fourth-order valence-electron chi connectivity index (χ4n) is 1.78. The zero-order valence-electron chi connectivity index (χ0n) is 10.2. The molecule has 0 amide bonds. The maximum absolute atomic E-state index is 5.73. The second-order valence-electron chi connectivity index (χ2n) is 3.99. The molecule has 1 N–H and O–H groups in total. The van der Waals surface area contributed by atoms with E-state index < -0.39 is 0 Å².